The molecule has 34 heavy (non-hydrogen) atoms. The molecule has 182 valence electrons. The molecule has 2 aromatic carbocycles. The van der Waals surface area contributed by atoms with Crippen molar-refractivity contribution in [2.24, 2.45) is 5.73 Å². The molecule has 0 saturated carbocycles. The maximum Gasteiger partial charge on any atom is 0.417 e. The van der Waals surface area contributed by atoms with E-state index in [1.807, 2.05) is 0 Å². The van der Waals surface area contributed by atoms with Crippen LogP contribution in [0.4, 0.5) is 23.7 Å². The second-order valence-electron chi connectivity index (χ2n) is 7.69. The normalized spacial score (nSPS) is 15.5. The number of amides is 4. The molecule has 2 aromatic rings. The lowest BCUT2D eigenvalue weighted by molar-refractivity contribution is -0.137. The maximum atomic E-state index is 13.0. The molecule has 12 heteroatoms. The van der Waals surface area contributed by atoms with Gasteiger partial charge < -0.3 is 21.3 Å². The number of primary amides is 1. The minimum atomic E-state index is -4.64. The average Bonchev–Trinajstić information content (AvgIpc) is 2.78. The van der Waals surface area contributed by atoms with Crippen molar-refractivity contribution in [2.45, 2.75) is 12.2 Å². The molecule has 1 aliphatic rings. The first kappa shape index (κ1) is 25.3. The van der Waals surface area contributed by atoms with E-state index in [4.69, 9.17) is 17.3 Å². The SMILES string of the molecule is NC(=O)NC(C(=O)N1CCN(CC(=O)Nc2ccc(Cl)c(C(F)(F)F)c2)CC1)c1ccccc1. The van der Waals surface area contributed by atoms with Gasteiger partial charge in [-0.05, 0) is 23.8 Å². The van der Waals surface area contributed by atoms with Crippen LogP contribution in [-0.2, 0) is 15.8 Å². The van der Waals surface area contributed by atoms with Gasteiger partial charge in [-0.3, -0.25) is 14.5 Å². The molecule has 3 rings (SSSR count). The summed E-state index contributed by atoms with van der Waals surface area (Å²) in [7, 11) is 0. The van der Waals surface area contributed by atoms with Crippen LogP contribution in [-0.4, -0.2) is 60.4 Å². The van der Waals surface area contributed by atoms with Crippen LogP contribution >= 0.6 is 11.6 Å². The number of hydrogen-bond acceptors (Lipinski definition) is 4. The fourth-order valence-corrected chi connectivity index (χ4v) is 3.83. The van der Waals surface area contributed by atoms with E-state index in [0.29, 0.717) is 31.7 Å². The van der Waals surface area contributed by atoms with E-state index < -0.39 is 34.7 Å². The number of nitrogens with zero attached hydrogens (tertiary/aromatic N) is 2. The van der Waals surface area contributed by atoms with E-state index in [1.54, 1.807) is 40.1 Å². The third-order valence-electron chi connectivity index (χ3n) is 5.27. The van der Waals surface area contributed by atoms with Gasteiger partial charge in [0.2, 0.25) is 11.8 Å². The lowest BCUT2D eigenvalue weighted by Gasteiger charge is -2.36. The molecule has 1 fully saturated rings. The number of alkyl halides is 3. The number of anilines is 1. The number of nitrogens with one attached hydrogen (secondary N) is 2. The molecule has 1 aliphatic heterocycles. The summed E-state index contributed by atoms with van der Waals surface area (Å²) in [6, 6.07) is 10.1. The molecule has 1 saturated heterocycles. The minimum Gasteiger partial charge on any atom is -0.352 e. The summed E-state index contributed by atoms with van der Waals surface area (Å²) >= 11 is 5.60. The molecule has 1 heterocycles. The average molecular weight is 498 g/mol. The summed E-state index contributed by atoms with van der Waals surface area (Å²) in [4.78, 5) is 40.1. The van der Waals surface area contributed by atoms with Gasteiger partial charge in [-0.15, -0.1) is 0 Å². The maximum absolute atomic E-state index is 13.0. The van der Waals surface area contributed by atoms with E-state index in [-0.39, 0.29) is 18.1 Å². The second kappa shape index (κ2) is 10.7. The highest BCUT2D eigenvalue weighted by Crippen LogP contribution is 2.36. The van der Waals surface area contributed by atoms with Crippen molar-refractivity contribution in [1.29, 1.82) is 0 Å². The van der Waals surface area contributed by atoms with Gasteiger partial charge >= 0.3 is 12.2 Å². The molecule has 0 bridgehead atoms. The van der Waals surface area contributed by atoms with Crippen LogP contribution in [0.15, 0.2) is 48.5 Å². The van der Waals surface area contributed by atoms with E-state index in [1.165, 1.54) is 6.07 Å². The van der Waals surface area contributed by atoms with Gasteiger partial charge in [0, 0.05) is 31.9 Å². The number of piperazine rings is 1. The van der Waals surface area contributed by atoms with Crippen LogP contribution in [0, 0.1) is 0 Å². The topological polar surface area (TPSA) is 108 Å². The Morgan fingerprint density at radius 2 is 1.68 bits per heavy atom. The zero-order chi connectivity index (χ0) is 24.9. The van der Waals surface area contributed by atoms with Crippen molar-refractivity contribution in [3.63, 3.8) is 0 Å². The molecule has 0 aliphatic carbocycles. The fraction of sp³-hybridized carbons (Fsp3) is 0.318. The Morgan fingerprint density at radius 1 is 1.03 bits per heavy atom. The van der Waals surface area contributed by atoms with Gasteiger partial charge in [-0.2, -0.15) is 13.2 Å². The number of benzene rings is 2. The molecule has 0 radical (unpaired) electrons. The van der Waals surface area contributed by atoms with Gasteiger partial charge in [0.1, 0.15) is 6.04 Å². The van der Waals surface area contributed by atoms with Gasteiger partial charge in [-0.1, -0.05) is 41.9 Å². The Morgan fingerprint density at radius 3 is 2.26 bits per heavy atom. The second-order valence-corrected chi connectivity index (χ2v) is 8.10. The van der Waals surface area contributed by atoms with Crippen LogP contribution in [0.3, 0.4) is 0 Å². The highest BCUT2D eigenvalue weighted by Gasteiger charge is 2.34. The Labute approximate surface area is 198 Å². The zero-order valence-electron chi connectivity index (χ0n) is 17.9. The van der Waals surface area contributed by atoms with E-state index in [9.17, 15) is 27.6 Å². The Hall–Kier alpha value is -3.31. The molecule has 4 N–H and O–H groups in total. The zero-order valence-corrected chi connectivity index (χ0v) is 18.7. The van der Waals surface area contributed by atoms with E-state index in [0.717, 1.165) is 12.1 Å². The number of carbonyl (C=O) groups is 3. The molecule has 8 nitrogen and oxygen atoms in total. The Bertz CT molecular complexity index is 1040. The van der Waals surface area contributed by atoms with Crippen molar-refractivity contribution < 1.29 is 27.6 Å². The third-order valence-corrected chi connectivity index (χ3v) is 5.60. The summed E-state index contributed by atoms with van der Waals surface area (Å²) in [5, 5.41) is 4.45. The number of rotatable bonds is 6. The predicted molar refractivity (Wildman–Crippen MR) is 120 cm³/mol. The predicted octanol–water partition coefficient (Wildman–Crippen LogP) is 2.85. The number of nitrogens with two attached hydrogens (primary N) is 1. The van der Waals surface area contributed by atoms with Crippen LogP contribution in [0.2, 0.25) is 5.02 Å². The molecule has 0 spiro atoms. The van der Waals surface area contributed by atoms with Gasteiger partial charge in [0.15, 0.2) is 0 Å². The molecular weight excluding hydrogens is 475 g/mol. The lowest BCUT2D eigenvalue weighted by Crippen LogP contribution is -2.53. The Balaban J connectivity index is 1.56. The summed E-state index contributed by atoms with van der Waals surface area (Å²) in [5.41, 5.74) is 4.78. The van der Waals surface area contributed by atoms with Crippen LogP contribution in [0.25, 0.3) is 0 Å². The van der Waals surface area contributed by atoms with E-state index in [2.05, 4.69) is 10.6 Å². The molecule has 1 atom stereocenters. The van der Waals surface area contributed by atoms with Crippen LogP contribution in [0.5, 0.6) is 0 Å². The largest absolute Gasteiger partial charge is 0.417 e. The van der Waals surface area contributed by atoms with Crippen LogP contribution in [0.1, 0.15) is 17.2 Å². The summed E-state index contributed by atoms with van der Waals surface area (Å²) in [6.45, 7) is 1.27. The van der Waals surface area contributed by atoms with Crippen molar-refractivity contribution in [3.8, 4) is 0 Å². The molecule has 0 aromatic heterocycles. The van der Waals surface area contributed by atoms with Gasteiger partial charge in [-0.25, -0.2) is 4.79 Å². The smallest absolute Gasteiger partial charge is 0.352 e. The number of hydrogen-bond donors (Lipinski definition) is 3. The molecule has 4 amide bonds. The molecular formula is C22H23ClF3N5O3. The fourth-order valence-electron chi connectivity index (χ4n) is 3.61. The summed E-state index contributed by atoms with van der Waals surface area (Å²) < 4.78 is 39.0. The standard InChI is InChI=1S/C22H23ClF3N5O3/c23-17-7-6-15(12-16(17)22(24,25)26)28-18(32)13-30-8-10-31(11-9-30)20(33)19(29-21(27)34)14-4-2-1-3-5-14/h1-7,12,19H,8-11,13H2,(H,28,32)(H3,27,29,34). The van der Waals surface area contributed by atoms with Crippen LogP contribution < -0.4 is 16.4 Å². The number of carbonyl (C=O) groups excluding carboxylic acids is 3. The minimum absolute atomic E-state index is 0.0150. The number of urea groups is 1. The molecule has 1 unspecified atom stereocenters. The highest BCUT2D eigenvalue weighted by molar-refractivity contribution is 6.31. The summed E-state index contributed by atoms with van der Waals surface area (Å²) in [5.74, 6) is -0.817. The van der Waals surface area contributed by atoms with Crippen molar-refractivity contribution in [2.75, 3.05) is 38.0 Å². The number of halogens is 4. The van der Waals surface area contributed by atoms with Crippen molar-refractivity contribution >= 4 is 35.1 Å². The first-order valence-electron chi connectivity index (χ1n) is 10.3. The van der Waals surface area contributed by atoms with E-state index >= 15 is 0 Å². The summed E-state index contributed by atoms with van der Waals surface area (Å²) in [6.07, 6.45) is -4.64. The first-order chi connectivity index (χ1) is 16.0. The lowest BCUT2D eigenvalue weighted by atomic mass is 10.1. The first-order valence-corrected chi connectivity index (χ1v) is 10.7. The van der Waals surface area contributed by atoms with Crippen molar-refractivity contribution in [1.82, 2.24) is 15.1 Å². The monoisotopic (exact) mass is 497 g/mol. The van der Waals surface area contributed by atoms with Gasteiger partial charge in [0.25, 0.3) is 0 Å². The van der Waals surface area contributed by atoms with Gasteiger partial charge in [0.05, 0.1) is 17.1 Å². The highest BCUT2D eigenvalue weighted by atomic mass is 35.5. The quantitative estimate of drug-likeness (QED) is 0.570. The Kier molecular flexibility index (Phi) is 8.00. The van der Waals surface area contributed by atoms with Crippen molar-refractivity contribution in [3.05, 3.63) is 64.7 Å². The third kappa shape index (κ3) is 6.61.